The lowest BCUT2D eigenvalue weighted by atomic mass is 10.1. The minimum absolute atomic E-state index is 0.0587. The molecule has 1 aromatic carbocycles. The maximum absolute atomic E-state index is 12.7. The fraction of sp³-hybridized carbons (Fsp3) is 0.500. The van der Waals surface area contributed by atoms with Gasteiger partial charge in [-0.3, -0.25) is 14.3 Å². The average molecular weight is 398 g/mol. The monoisotopic (exact) mass is 397 g/mol. The molecule has 0 saturated carbocycles. The van der Waals surface area contributed by atoms with Crippen LogP contribution in [0.15, 0.2) is 36.4 Å². The highest BCUT2D eigenvalue weighted by molar-refractivity contribution is 5.92. The van der Waals surface area contributed by atoms with Gasteiger partial charge in [0.15, 0.2) is 5.69 Å². The average Bonchev–Trinajstić information content (AvgIpc) is 3.07. The van der Waals surface area contributed by atoms with E-state index in [2.05, 4.69) is 34.5 Å². The van der Waals surface area contributed by atoms with Crippen LogP contribution in [0, 0.1) is 6.92 Å². The van der Waals surface area contributed by atoms with Gasteiger partial charge in [0, 0.05) is 37.9 Å². The molecule has 0 radical (unpaired) electrons. The Balaban J connectivity index is 1.50. The highest BCUT2D eigenvalue weighted by Gasteiger charge is 2.23. The van der Waals surface area contributed by atoms with Gasteiger partial charge in [-0.2, -0.15) is 5.10 Å². The number of benzene rings is 1. The first-order valence-corrected chi connectivity index (χ1v) is 10.3. The van der Waals surface area contributed by atoms with Gasteiger partial charge in [-0.15, -0.1) is 0 Å². The summed E-state index contributed by atoms with van der Waals surface area (Å²) >= 11 is 0. The van der Waals surface area contributed by atoms with Crippen LogP contribution in [0.4, 0.5) is 0 Å². The third-order valence-electron chi connectivity index (χ3n) is 5.40. The van der Waals surface area contributed by atoms with Gasteiger partial charge in [-0.05, 0) is 45.4 Å². The zero-order valence-electron chi connectivity index (χ0n) is 17.6. The molecule has 1 aromatic heterocycles. The van der Waals surface area contributed by atoms with Crippen LogP contribution in [0.1, 0.15) is 35.1 Å². The maximum Gasteiger partial charge on any atom is 0.274 e. The number of piperazine rings is 1. The van der Waals surface area contributed by atoms with Crippen molar-refractivity contribution in [1.82, 2.24) is 24.9 Å². The number of hydrogen-bond acceptors (Lipinski definition) is 4. The van der Waals surface area contributed by atoms with E-state index in [1.54, 1.807) is 10.7 Å². The number of carbonyl (C=O) groups is 2. The van der Waals surface area contributed by atoms with E-state index in [1.165, 1.54) is 5.56 Å². The van der Waals surface area contributed by atoms with Crippen molar-refractivity contribution in [3.05, 3.63) is 53.3 Å². The van der Waals surface area contributed by atoms with Crippen LogP contribution in [0.25, 0.3) is 0 Å². The summed E-state index contributed by atoms with van der Waals surface area (Å²) in [6.07, 6.45) is 1.80. The van der Waals surface area contributed by atoms with Crippen molar-refractivity contribution in [2.75, 3.05) is 33.2 Å². The van der Waals surface area contributed by atoms with E-state index < -0.39 is 0 Å². The van der Waals surface area contributed by atoms with Crippen LogP contribution in [0.5, 0.6) is 0 Å². The number of rotatable bonds is 7. The Morgan fingerprint density at radius 2 is 1.83 bits per heavy atom. The number of aromatic nitrogens is 2. The first kappa shape index (κ1) is 21.0. The summed E-state index contributed by atoms with van der Waals surface area (Å²) < 4.78 is 1.61. The summed E-state index contributed by atoms with van der Waals surface area (Å²) in [5.41, 5.74) is 2.50. The zero-order chi connectivity index (χ0) is 20.8. The predicted molar refractivity (Wildman–Crippen MR) is 113 cm³/mol. The molecule has 29 heavy (non-hydrogen) atoms. The Kier molecular flexibility index (Phi) is 7.04. The second-order valence-corrected chi connectivity index (χ2v) is 7.92. The molecule has 0 aliphatic carbocycles. The molecule has 7 nitrogen and oxygen atoms in total. The largest absolute Gasteiger partial charge is 0.352 e. The smallest absolute Gasteiger partial charge is 0.274 e. The van der Waals surface area contributed by atoms with Gasteiger partial charge in [0.1, 0.15) is 6.54 Å². The third kappa shape index (κ3) is 5.90. The molecule has 3 rings (SSSR count). The molecule has 1 fully saturated rings. The van der Waals surface area contributed by atoms with Crippen molar-refractivity contribution < 1.29 is 9.59 Å². The molecule has 2 heterocycles. The molecule has 0 unspecified atom stereocenters. The number of hydrogen-bond donors (Lipinski definition) is 1. The van der Waals surface area contributed by atoms with Crippen LogP contribution >= 0.6 is 0 Å². The molecule has 2 aromatic rings. The lowest BCUT2D eigenvalue weighted by Gasteiger charge is -2.31. The summed E-state index contributed by atoms with van der Waals surface area (Å²) in [7, 11) is 2.06. The Bertz CT molecular complexity index is 825. The summed E-state index contributed by atoms with van der Waals surface area (Å²) in [6.45, 7) is 7.17. The third-order valence-corrected chi connectivity index (χ3v) is 5.40. The fourth-order valence-electron chi connectivity index (χ4n) is 3.50. The first-order valence-electron chi connectivity index (χ1n) is 10.3. The highest BCUT2D eigenvalue weighted by Crippen LogP contribution is 2.10. The summed E-state index contributed by atoms with van der Waals surface area (Å²) in [5, 5.41) is 7.43. The molecule has 1 aliphatic rings. The summed E-state index contributed by atoms with van der Waals surface area (Å²) in [5.74, 6) is -0.146. The molecule has 1 N–H and O–H groups in total. The second kappa shape index (κ2) is 9.69. The van der Waals surface area contributed by atoms with Crippen molar-refractivity contribution in [1.29, 1.82) is 0 Å². The van der Waals surface area contributed by atoms with Crippen LogP contribution in [-0.4, -0.2) is 70.7 Å². The first-order chi connectivity index (χ1) is 13.9. The van der Waals surface area contributed by atoms with E-state index in [0.717, 1.165) is 31.6 Å². The fourth-order valence-corrected chi connectivity index (χ4v) is 3.50. The van der Waals surface area contributed by atoms with Gasteiger partial charge < -0.3 is 15.1 Å². The van der Waals surface area contributed by atoms with Gasteiger partial charge in [0.2, 0.25) is 5.91 Å². The number of nitrogens with one attached hydrogen (secondary N) is 1. The molecule has 0 bridgehead atoms. The minimum atomic E-state index is -0.0876. The molecule has 1 saturated heterocycles. The summed E-state index contributed by atoms with van der Waals surface area (Å²) in [6, 6.07) is 12.1. The maximum atomic E-state index is 12.7. The number of carbonyl (C=O) groups excluding carboxylic acids is 2. The Morgan fingerprint density at radius 1 is 1.14 bits per heavy atom. The molecule has 1 atom stereocenters. The molecular weight excluding hydrogens is 366 g/mol. The van der Waals surface area contributed by atoms with Gasteiger partial charge >= 0.3 is 0 Å². The Hall–Kier alpha value is -2.67. The van der Waals surface area contributed by atoms with Crippen LogP contribution in [0.2, 0.25) is 0 Å². The number of nitrogens with zero attached hydrogens (tertiary/aromatic N) is 4. The summed E-state index contributed by atoms with van der Waals surface area (Å²) in [4.78, 5) is 29.2. The molecule has 1 aliphatic heterocycles. The van der Waals surface area contributed by atoms with E-state index in [9.17, 15) is 9.59 Å². The van der Waals surface area contributed by atoms with E-state index in [4.69, 9.17) is 0 Å². The van der Waals surface area contributed by atoms with E-state index >= 15 is 0 Å². The lowest BCUT2D eigenvalue weighted by Crippen LogP contribution is -2.47. The van der Waals surface area contributed by atoms with Crippen LogP contribution in [-0.2, 0) is 17.8 Å². The van der Waals surface area contributed by atoms with Gasteiger partial charge in [0.05, 0.1) is 0 Å². The molecule has 2 amide bonds. The highest BCUT2D eigenvalue weighted by atomic mass is 16.2. The van der Waals surface area contributed by atoms with Crippen molar-refractivity contribution in [3.63, 3.8) is 0 Å². The van der Waals surface area contributed by atoms with Crippen LogP contribution in [0.3, 0.4) is 0 Å². The minimum Gasteiger partial charge on any atom is -0.352 e. The Morgan fingerprint density at radius 3 is 2.52 bits per heavy atom. The normalized spacial score (nSPS) is 15.9. The van der Waals surface area contributed by atoms with Crippen LogP contribution < -0.4 is 5.32 Å². The number of likely N-dealkylation sites (N-methyl/N-ethyl adjacent to an activating group) is 1. The van der Waals surface area contributed by atoms with Crippen molar-refractivity contribution >= 4 is 11.8 Å². The van der Waals surface area contributed by atoms with Gasteiger partial charge in [-0.1, -0.05) is 30.3 Å². The predicted octanol–water partition coefficient (Wildman–Crippen LogP) is 1.72. The molecular formula is C22H31N5O2. The SMILES string of the molecule is Cc1cc(C(=O)N2CCN(C)CC2)nn1CC(=O)N[C@H](C)CCc1ccccc1. The number of amides is 2. The van der Waals surface area contributed by atoms with Gasteiger partial charge in [0.25, 0.3) is 5.91 Å². The standard InChI is InChI=1S/C22H31N5O2/c1-17(9-10-19-7-5-4-6-8-19)23-21(28)16-27-18(2)15-20(24-27)22(29)26-13-11-25(3)12-14-26/h4-8,15,17H,9-14,16H2,1-3H3,(H,23,28)/t17-/m1/s1. The second-order valence-electron chi connectivity index (χ2n) is 7.92. The quantitative estimate of drug-likeness (QED) is 0.772. The molecule has 7 heteroatoms. The van der Waals surface area contributed by atoms with E-state index in [0.29, 0.717) is 18.8 Å². The molecule has 0 spiro atoms. The molecule has 156 valence electrons. The lowest BCUT2D eigenvalue weighted by molar-refractivity contribution is -0.122. The Labute approximate surface area is 172 Å². The van der Waals surface area contributed by atoms with E-state index in [1.807, 2.05) is 36.9 Å². The van der Waals surface area contributed by atoms with Crippen molar-refractivity contribution in [2.24, 2.45) is 0 Å². The zero-order valence-corrected chi connectivity index (χ0v) is 17.6. The topological polar surface area (TPSA) is 70.5 Å². The van der Waals surface area contributed by atoms with Crippen molar-refractivity contribution in [3.8, 4) is 0 Å². The van der Waals surface area contributed by atoms with Crippen molar-refractivity contribution in [2.45, 2.75) is 39.3 Å². The van der Waals surface area contributed by atoms with Gasteiger partial charge in [-0.25, -0.2) is 0 Å². The van der Waals surface area contributed by atoms with E-state index in [-0.39, 0.29) is 24.4 Å². The number of aryl methyl sites for hydroxylation is 2.